The summed E-state index contributed by atoms with van der Waals surface area (Å²) in [6, 6.07) is 0. The molecule has 0 aromatic rings. The highest BCUT2D eigenvalue weighted by Gasteiger charge is 2.39. The molecule has 1 saturated carbocycles. The summed E-state index contributed by atoms with van der Waals surface area (Å²) >= 11 is 0. The first-order chi connectivity index (χ1) is 8.80. The standard InChI is InChI=1S/C15H30N2O2/c1-14(2,3)16-10-15(6-4-5-7-15)11-17-8-12(18)13(19)9-17/h12-13,16,18-19H,4-11H2,1-3H3. The van der Waals surface area contributed by atoms with Gasteiger partial charge in [0.25, 0.3) is 0 Å². The fraction of sp³-hybridized carbons (Fsp3) is 1.00. The minimum atomic E-state index is -0.561. The highest BCUT2D eigenvalue weighted by molar-refractivity contribution is 4.94. The first-order valence-corrected chi connectivity index (χ1v) is 7.63. The lowest BCUT2D eigenvalue weighted by Crippen LogP contribution is -2.47. The highest BCUT2D eigenvalue weighted by atomic mass is 16.3. The second-order valence-corrected chi connectivity index (χ2v) is 7.64. The molecule has 4 nitrogen and oxygen atoms in total. The first-order valence-electron chi connectivity index (χ1n) is 7.63. The summed E-state index contributed by atoms with van der Waals surface area (Å²) in [6.45, 7) is 9.91. The molecule has 1 aliphatic carbocycles. The van der Waals surface area contributed by atoms with Gasteiger partial charge in [-0.05, 0) is 39.0 Å². The largest absolute Gasteiger partial charge is 0.389 e. The Morgan fingerprint density at radius 3 is 2.11 bits per heavy atom. The molecule has 0 amide bonds. The monoisotopic (exact) mass is 270 g/mol. The van der Waals surface area contributed by atoms with Gasteiger partial charge in [0.15, 0.2) is 0 Å². The number of aliphatic hydroxyl groups excluding tert-OH is 2. The van der Waals surface area contributed by atoms with Crippen molar-refractivity contribution in [3.05, 3.63) is 0 Å². The van der Waals surface area contributed by atoms with Gasteiger partial charge < -0.3 is 15.5 Å². The SMILES string of the molecule is CC(C)(C)NCC1(CN2CC(O)C(O)C2)CCCC1. The second-order valence-electron chi connectivity index (χ2n) is 7.64. The van der Waals surface area contributed by atoms with Gasteiger partial charge in [-0.15, -0.1) is 0 Å². The van der Waals surface area contributed by atoms with Crippen LogP contribution in [0.15, 0.2) is 0 Å². The maximum Gasteiger partial charge on any atom is 0.0938 e. The molecule has 2 fully saturated rings. The molecule has 0 radical (unpaired) electrons. The van der Waals surface area contributed by atoms with Crippen LogP contribution < -0.4 is 5.32 Å². The lowest BCUT2D eigenvalue weighted by molar-refractivity contribution is 0.0572. The summed E-state index contributed by atoms with van der Waals surface area (Å²) in [5, 5.41) is 23.0. The van der Waals surface area contributed by atoms with Crippen LogP contribution >= 0.6 is 0 Å². The van der Waals surface area contributed by atoms with Crippen molar-refractivity contribution in [2.24, 2.45) is 5.41 Å². The van der Waals surface area contributed by atoms with E-state index < -0.39 is 12.2 Å². The lowest BCUT2D eigenvalue weighted by atomic mass is 9.84. The molecule has 0 spiro atoms. The van der Waals surface area contributed by atoms with Gasteiger partial charge in [0.1, 0.15) is 0 Å². The molecule has 2 aliphatic rings. The maximum absolute atomic E-state index is 9.68. The maximum atomic E-state index is 9.68. The van der Waals surface area contributed by atoms with E-state index in [0.29, 0.717) is 18.5 Å². The quantitative estimate of drug-likeness (QED) is 0.712. The molecule has 0 bridgehead atoms. The van der Waals surface area contributed by atoms with E-state index in [0.717, 1.165) is 13.1 Å². The van der Waals surface area contributed by atoms with Crippen LogP contribution in [0.4, 0.5) is 0 Å². The summed E-state index contributed by atoms with van der Waals surface area (Å²) in [5.41, 5.74) is 0.483. The van der Waals surface area contributed by atoms with Crippen molar-refractivity contribution in [3.8, 4) is 0 Å². The predicted octanol–water partition coefficient (Wildman–Crippen LogP) is 0.972. The smallest absolute Gasteiger partial charge is 0.0938 e. The average molecular weight is 270 g/mol. The van der Waals surface area contributed by atoms with E-state index in [1.54, 1.807) is 0 Å². The van der Waals surface area contributed by atoms with Crippen LogP contribution in [0, 0.1) is 5.41 Å². The molecule has 2 atom stereocenters. The number of nitrogens with zero attached hydrogens (tertiary/aromatic N) is 1. The molecule has 2 rings (SSSR count). The van der Waals surface area contributed by atoms with E-state index in [9.17, 15) is 10.2 Å². The third kappa shape index (κ3) is 4.15. The van der Waals surface area contributed by atoms with Crippen molar-refractivity contribution in [3.63, 3.8) is 0 Å². The van der Waals surface area contributed by atoms with Gasteiger partial charge in [-0.1, -0.05) is 12.8 Å². The van der Waals surface area contributed by atoms with Gasteiger partial charge in [0.2, 0.25) is 0 Å². The average Bonchev–Trinajstić information content (AvgIpc) is 2.85. The van der Waals surface area contributed by atoms with Gasteiger partial charge in [-0.25, -0.2) is 0 Å². The van der Waals surface area contributed by atoms with E-state index in [1.807, 2.05) is 0 Å². The van der Waals surface area contributed by atoms with E-state index in [-0.39, 0.29) is 5.54 Å². The normalized spacial score (nSPS) is 32.1. The highest BCUT2D eigenvalue weighted by Crippen LogP contribution is 2.39. The van der Waals surface area contributed by atoms with Gasteiger partial charge in [0, 0.05) is 31.7 Å². The molecule has 4 heteroatoms. The zero-order valence-electron chi connectivity index (χ0n) is 12.7. The Morgan fingerprint density at radius 1 is 1.11 bits per heavy atom. The Bertz CT molecular complexity index is 285. The number of hydrogen-bond donors (Lipinski definition) is 3. The fourth-order valence-electron chi connectivity index (χ4n) is 3.42. The van der Waals surface area contributed by atoms with Crippen LogP contribution in [0.1, 0.15) is 46.5 Å². The molecule has 2 unspecified atom stereocenters. The second kappa shape index (κ2) is 5.68. The van der Waals surface area contributed by atoms with Crippen molar-refractivity contribution < 1.29 is 10.2 Å². The van der Waals surface area contributed by atoms with Crippen molar-refractivity contribution in [2.45, 2.75) is 64.2 Å². The molecule has 3 N–H and O–H groups in total. The number of nitrogens with one attached hydrogen (secondary N) is 1. The minimum Gasteiger partial charge on any atom is -0.389 e. The Labute approximate surface area is 117 Å². The summed E-state index contributed by atoms with van der Waals surface area (Å²) in [6.07, 6.45) is 4.02. The van der Waals surface area contributed by atoms with Crippen LogP contribution in [0.5, 0.6) is 0 Å². The molecule has 112 valence electrons. The minimum absolute atomic E-state index is 0.152. The Hall–Kier alpha value is -0.160. The number of aliphatic hydroxyl groups is 2. The van der Waals surface area contributed by atoms with Crippen molar-refractivity contribution >= 4 is 0 Å². The van der Waals surface area contributed by atoms with Crippen molar-refractivity contribution in [1.82, 2.24) is 10.2 Å². The lowest BCUT2D eigenvalue weighted by Gasteiger charge is -2.36. The van der Waals surface area contributed by atoms with E-state index in [2.05, 4.69) is 31.0 Å². The molecule has 19 heavy (non-hydrogen) atoms. The topological polar surface area (TPSA) is 55.7 Å². The summed E-state index contributed by atoms with van der Waals surface area (Å²) in [5.74, 6) is 0. The zero-order chi connectivity index (χ0) is 14.1. The summed E-state index contributed by atoms with van der Waals surface area (Å²) in [7, 11) is 0. The van der Waals surface area contributed by atoms with Crippen LogP contribution in [0.2, 0.25) is 0 Å². The van der Waals surface area contributed by atoms with Crippen LogP contribution in [0.25, 0.3) is 0 Å². The van der Waals surface area contributed by atoms with E-state index in [1.165, 1.54) is 25.7 Å². The Kier molecular flexibility index (Phi) is 4.56. The van der Waals surface area contributed by atoms with Gasteiger partial charge in [-0.3, -0.25) is 4.90 Å². The zero-order valence-corrected chi connectivity index (χ0v) is 12.7. The number of β-amino-alcohol motifs (C(OH)–C–C–N with tert-alkyl or cyclic N) is 2. The molecule has 0 aromatic heterocycles. The first kappa shape index (κ1) is 15.2. The summed E-state index contributed by atoms with van der Waals surface area (Å²) in [4.78, 5) is 2.24. The van der Waals surface area contributed by atoms with E-state index >= 15 is 0 Å². The van der Waals surface area contributed by atoms with Crippen LogP contribution in [-0.4, -0.2) is 59.0 Å². The molecule has 1 aliphatic heterocycles. The van der Waals surface area contributed by atoms with E-state index in [4.69, 9.17) is 0 Å². The molecule has 1 heterocycles. The van der Waals surface area contributed by atoms with Gasteiger partial charge in [0.05, 0.1) is 12.2 Å². The van der Waals surface area contributed by atoms with Gasteiger partial charge in [-0.2, -0.15) is 0 Å². The van der Waals surface area contributed by atoms with Gasteiger partial charge >= 0.3 is 0 Å². The van der Waals surface area contributed by atoms with Crippen LogP contribution in [0.3, 0.4) is 0 Å². The Balaban J connectivity index is 1.92. The third-order valence-electron chi connectivity index (χ3n) is 4.55. The van der Waals surface area contributed by atoms with Crippen molar-refractivity contribution in [1.29, 1.82) is 0 Å². The number of likely N-dealkylation sites (tertiary alicyclic amines) is 1. The number of hydrogen-bond acceptors (Lipinski definition) is 4. The molecular formula is C15H30N2O2. The molecule has 0 aromatic carbocycles. The fourth-order valence-corrected chi connectivity index (χ4v) is 3.42. The molecular weight excluding hydrogens is 240 g/mol. The molecule has 1 saturated heterocycles. The third-order valence-corrected chi connectivity index (χ3v) is 4.55. The van der Waals surface area contributed by atoms with Crippen LogP contribution in [-0.2, 0) is 0 Å². The summed E-state index contributed by atoms with van der Waals surface area (Å²) < 4.78 is 0. The van der Waals surface area contributed by atoms with Crippen molar-refractivity contribution in [2.75, 3.05) is 26.2 Å². The number of rotatable bonds is 4. The Morgan fingerprint density at radius 2 is 1.63 bits per heavy atom. The predicted molar refractivity (Wildman–Crippen MR) is 77.1 cm³/mol.